The zero-order chi connectivity index (χ0) is 13.1. The zero-order valence-corrected chi connectivity index (χ0v) is 11.3. The van der Waals surface area contributed by atoms with Gasteiger partial charge in [-0.2, -0.15) is 0 Å². The minimum atomic E-state index is -0.128. The third-order valence-corrected chi connectivity index (χ3v) is 4.06. The van der Waals surface area contributed by atoms with Gasteiger partial charge in [0.15, 0.2) is 0 Å². The first-order valence-electron chi connectivity index (χ1n) is 6.82. The Hall–Kier alpha value is -0.930. The van der Waals surface area contributed by atoms with Crippen molar-refractivity contribution in [2.45, 2.75) is 32.7 Å². The highest BCUT2D eigenvalue weighted by atomic mass is 19.1. The molecule has 0 spiro atoms. The number of rotatable bonds is 3. The van der Waals surface area contributed by atoms with Crippen LogP contribution in [0.1, 0.15) is 36.9 Å². The van der Waals surface area contributed by atoms with Crippen LogP contribution < -0.4 is 5.73 Å². The summed E-state index contributed by atoms with van der Waals surface area (Å²) in [6.45, 7) is 6.77. The molecule has 1 aromatic rings. The SMILES string of the molecule is Cc1ccc(C(CN)N2CCC(C)CC2)cc1F. The molecule has 0 radical (unpaired) electrons. The van der Waals surface area contributed by atoms with E-state index in [1.54, 1.807) is 13.0 Å². The number of hydrogen-bond donors (Lipinski definition) is 1. The van der Waals surface area contributed by atoms with Crippen LogP contribution >= 0.6 is 0 Å². The maximum atomic E-state index is 13.6. The highest BCUT2D eigenvalue weighted by molar-refractivity contribution is 5.26. The largest absolute Gasteiger partial charge is 0.329 e. The molecule has 0 aliphatic carbocycles. The van der Waals surface area contributed by atoms with Gasteiger partial charge in [-0.1, -0.05) is 19.1 Å². The molecule has 100 valence electrons. The lowest BCUT2D eigenvalue weighted by Crippen LogP contribution is -2.39. The molecule has 18 heavy (non-hydrogen) atoms. The van der Waals surface area contributed by atoms with Crippen LogP contribution in [0.25, 0.3) is 0 Å². The number of piperidine rings is 1. The van der Waals surface area contributed by atoms with E-state index >= 15 is 0 Å². The van der Waals surface area contributed by atoms with Crippen molar-refractivity contribution >= 4 is 0 Å². The molecule has 1 unspecified atom stereocenters. The topological polar surface area (TPSA) is 29.3 Å². The molecule has 1 fully saturated rings. The Morgan fingerprint density at radius 2 is 2.06 bits per heavy atom. The van der Waals surface area contributed by atoms with Gasteiger partial charge in [-0.15, -0.1) is 0 Å². The van der Waals surface area contributed by atoms with Gasteiger partial charge in [0.1, 0.15) is 5.82 Å². The van der Waals surface area contributed by atoms with E-state index in [0.29, 0.717) is 12.1 Å². The average Bonchev–Trinajstić information content (AvgIpc) is 2.37. The summed E-state index contributed by atoms with van der Waals surface area (Å²) >= 11 is 0. The summed E-state index contributed by atoms with van der Waals surface area (Å²) < 4.78 is 13.6. The van der Waals surface area contributed by atoms with Crippen molar-refractivity contribution in [1.29, 1.82) is 0 Å². The lowest BCUT2D eigenvalue weighted by atomic mass is 9.95. The van der Waals surface area contributed by atoms with E-state index in [1.807, 2.05) is 12.1 Å². The van der Waals surface area contributed by atoms with E-state index in [0.717, 1.165) is 24.6 Å². The van der Waals surface area contributed by atoms with Gasteiger partial charge < -0.3 is 5.73 Å². The standard InChI is InChI=1S/C15H23FN2/c1-11-5-7-18(8-6-11)15(10-17)13-4-3-12(2)14(16)9-13/h3-4,9,11,15H,5-8,10,17H2,1-2H3. The number of benzene rings is 1. The second-order valence-corrected chi connectivity index (χ2v) is 5.48. The first-order valence-corrected chi connectivity index (χ1v) is 6.82. The van der Waals surface area contributed by atoms with Gasteiger partial charge in [0.05, 0.1) is 0 Å². The first-order chi connectivity index (χ1) is 8.61. The van der Waals surface area contributed by atoms with Crippen molar-refractivity contribution in [1.82, 2.24) is 4.90 Å². The summed E-state index contributed by atoms with van der Waals surface area (Å²) in [7, 11) is 0. The van der Waals surface area contributed by atoms with Crippen molar-refractivity contribution in [2.75, 3.05) is 19.6 Å². The number of aryl methyl sites for hydroxylation is 1. The second-order valence-electron chi connectivity index (χ2n) is 5.48. The van der Waals surface area contributed by atoms with E-state index < -0.39 is 0 Å². The Morgan fingerprint density at radius 3 is 2.61 bits per heavy atom. The van der Waals surface area contributed by atoms with E-state index in [-0.39, 0.29) is 11.9 Å². The number of likely N-dealkylation sites (tertiary alicyclic amines) is 1. The van der Waals surface area contributed by atoms with Crippen LogP contribution in [0.4, 0.5) is 4.39 Å². The smallest absolute Gasteiger partial charge is 0.126 e. The van der Waals surface area contributed by atoms with Gasteiger partial charge in [0.2, 0.25) is 0 Å². The number of nitrogens with two attached hydrogens (primary N) is 1. The Bertz CT molecular complexity index is 397. The van der Waals surface area contributed by atoms with Crippen molar-refractivity contribution in [3.8, 4) is 0 Å². The van der Waals surface area contributed by atoms with E-state index in [1.165, 1.54) is 12.8 Å². The van der Waals surface area contributed by atoms with E-state index in [9.17, 15) is 4.39 Å². The summed E-state index contributed by atoms with van der Waals surface area (Å²) in [6, 6.07) is 5.66. The molecule has 2 rings (SSSR count). The minimum absolute atomic E-state index is 0.128. The van der Waals surface area contributed by atoms with Crippen molar-refractivity contribution in [3.05, 3.63) is 35.1 Å². The molecule has 1 aromatic carbocycles. The molecule has 2 nitrogen and oxygen atoms in total. The fraction of sp³-hybridized carbons (Fsp3) is 0.600. The maximum absolute atomic E-state index is 13.6. The predicted molar refractivity (Wildman–Crippen MR) is 72.9 cm³/mol. The van der Waals surface area contributed by atoms with Gasteiger partial charge in [-0.3, -0.25) is 4.90 Å². The summed E-state index contributed by atoms with van der Waals surface area (Å²) in [6.07, 6.45) is 2.43. The maximum Gasteiger partial charge on any atom is 0.126 e. The minimum Gasteiger partial charge on any atom is -0.329 e. The Morgan fingerprint density at radius 1 is 1.39 bits per heavy atom. The first kappa shape index (κ1) is 13.5. The highest BCUT2D eigenvalue weighted by Crippen LogP contribution is 2.26. The molecule has 1 atom stereocenters. The number of halogens is 1. The van der Waals surface area contributed by atoms with Crippen LogP contribution in [0.2, 0.25) is 0 Å². The molecule has 1 saturated heterocycles. The molecule has 3 heteroatoms. The number of nitrogens with zero attached hydrogens (tertiary/aromatic N) is 1. The van der Waals surface area contributed by atoms with E-state index in [2.05, 4.69) is 11.8 Å². The fourth-order valence-corrected chi connectivity index (χ4v) is 2.65. The summed E-state index contributed by atoms with van der Waals surface area (Å²) in [4.78, 5) is 2.39. The quantitative estimate of drug-likeness (QED) is 0.893. The molecule has 1 heterocycles. The van der Waals surface area contributed by atoms with Crippen LogP contribution in [-0.2, 0) is 0 Å². The fourth-order valence-electron chi connectivity index (χ4n) is 2.65. The molecular weight excluding hydrogens is 227 g/mol. The monoisotopic (exact) mass is 250 g/mol. The predicted octanol–water partition coefficient (Wildman–Crippen LogP) is 2.87. The van der Waals surface area contributed by atoms with Gasteiger partial charge in [-0.05, 0) is 56.0 Å². The normalized spacial score (nSPS) is 20.0. The Balaban J connectivity index is 2.14. The second kappa shape index (κ2) is 5.81. The highest BCUT2D eigenvalue weighted by Gasteiger charge is 2.23. The molecule has 2 N–H and O–H groups in total. The van der Waals surface area contributed by atoms with Crippen LogP contribution in [-0.4, -0.2) is 24.5 Å². The van der Waals surface area contributed by atoms with Crippen LogP contribution in [0.3, 0.4) is 0 Å². The van der Waals surface area contributed by atoms with Crippen molar-refractivity contribution in [3.63, 3.8) is 0 Å². The molecule has 0 aromatic heterocycles. The summed E-state index contributed by atoms with van der Waals surface area (Å²) in [5.74, 6) is 0.672. The van der Waals surface area contributed by atoms with Gasteiger partial charge >= 0.3 is 0 Å². The summed E-state index contributed by atoms with van der Waals surface area (Å²) in [5.41, 5.74) is 7.60. The van der Waals surface area contributed by atoms with Crippen molar-refractivity contribution < 1.29 is 4.39 Å². The Labute approximate surface area is 109 Å². The lowest BCUT2D eigenvalue weighted by Gasteiger charge is -2.36. The lowest BCUT2D eigenvalue weighted by molar-refractivity contribution is 0.141. The molecule has 0 saturated carbocycles. The molecule has 1 aliphatic heterocycles. The average molecular weight is 250 g/mol. The van der Waals surface area contributed by atoms with Crippen LogP contribution in [0.5, 0.6) is 0 Å². The van der Waals surface area contributed by atoms with Crippen molar-refractivity contribution in [2.24, 2.45) is 11.7 Å². The molecule has 0 bridgehead atoms. The molecule has 1 aliphatic rings. The van der Waals surface area contributed by atoms with Crippen LogP contribution in [0, 0.1) is 18.7 Å². The Kier molecular flexibility index (Phi) is 4.36. The molecule has 0 amide bonds. The van der Waals surface area contributed by atoms with Gasteiger partial charge in [0, 0.05) is 12.6 Å². The van der Waals surface area contributed by atoms with Crippen LogP contribution in [0.15, 0.2) is 18.2 Å². The number of hydrogen-bond acceptors (Lipinski definition) is 2. The molecular formula is C15H23FN2. The third-order valence-electron chi connectivity index (χ3n) is 4.06. The van der Waals surface area contributed by atoms with Gasteiger partial charge in [0.25, 0.3) is 0 Å². The van der Waals surface area contributed by atoms with Gasteiger partial charge in [-0.25, -0.2) is 4.39 Å². The zero-order valence-electron chi connectivity index (χ0n) is 11.3. The van der Waals surface area contributed by atoms with E-state index in [4.69, 9.17) is 5.73 Å². The third kappa shape index (κ3) is 2.90. The summed E-state index contributed by atoms with van der Waals surface area (Å²) in [5, 5.41) is 0.